The zero-order valence-corrected chi connectivity index (χ0v) is 29.1. The van der Waals surface area contributed by atoms with Crippen LogP contribution in [0.3, 0.4) is 0 Å². The number of nitrogens with one attached hydrogen (secondary N) is 1. The van der Waals surface area contributed by atoms with Gasteiger partial charge in [0.2, 0.25) is 0 Å². The van der Waals surface area contributed by atoms with E-state index in [1.54, 1.807) is 0 Å². The predicted octanol–water partition coefficient (Wildman–Crippen LogP) is 7.23. The smallest absolute Gasteiger partial charge is 0.407 e. The molecule has 1 fully saturated rings. The fourth-order valence-corrected chi connectivity index (χ4v) is 5.51. The van der Waals surface area contributed by atoms with Crippen LogP contribution in [0.1, 0.15) is 43.0 Å². The van der Waals surface area contributed by atoms with Gasteiger partial charge in [0.1, 0.15) is 30.0 Å². The normalized spacial score (nSPS) is 19.6. The average Bonchev–Trinajstić information content (AvgIpc) is 3.47. The second-order valence-corrected chi connectivity index (χ2v) is 13.1. The molecule has 1 aliphatic rings. The second-order valence-electron chi connectivity index (χ2n) is 13.1. The molecule has 1 heterocycles. The van der Waals surface area contributed by atoms with E-state index in [1.807, 2.05) is 142 Å². The molecular formula is C41H49NO8. The number of alkyl carbamates (subject to hydrolysis) is 1. The predicted molar refractivity (Wildman–Crippen MR) is 190 cm³/mol. The maximum Gasteiger partial charge on any atom is 0.407 e. The summed E-state index contributed by atoms with van der Waals surface area (Å²) in [7, 11) is 0. The molecule has 0 saturated carbocycles. The maximum atomic E-state index is 12.3. The highest BCUT2D eigenvalue weighted by Gasteiger charge is 2.50. The van der Waals surface area contributed by atoms with Gasteiger partial charge in [-0.1, -0.05) is 121 Å². The molecule has 9 heteroatoms. The maximum absolute atomic E-state index is 12.3. The Morgan fingerprint density at radius 3 is 1.66 bits per heavy atom. The third-order valence-corrected chi connectivity index (χ3v) is 7.90. The summed E-state index contributed by atoms with van der Waals surface area (Å²) in [4.78, 5) is 12.3. The first-order valence-electron chi connectivity index (χ1n) is 17.2. The van der Waals surface area contributed by atoms with E-state index in [0.717, 1.165) is 22.3 Å². The largest absolute Gasteiger partial charge is 0.444 e. The molecule has 1 aliphatic heterocycles. The van der Waals surface area contributed by atoms with Gasteiger partial charge in [-0.15, -0.1) is 0 Å². The molecule has 5 rings (SSSR count). The Morgan fingerprint density at radius 1 is 0.660 bits per heavy atom. The van der Waals surface area contributed by atoms with E-state index in [1.165, 1.54) is 0 Å². The summed E-state index contributed by atoms with van der Waals surface area (Å²) in [5.74, 6) is 0. The Morgan fingerprint density at radius 2 is 1.14 bits per heavy atom. The van der Waals surface area contributed by atoms with Crippen LogP contribution in [0.15, 0.2) is 121 Å². The molecule has 266 valence electrons. The first-order valence-corrected chi connectivity index (χ1v) is 17.2. The highest BCUT2D eigenvalue weighted by molar-refractivity contribution is 5.67. The molecule has 1 saturated heterocycles. The van der Waals surface area contributed by atoms with Crippen LogP contribution in [0.5, 0.6) is 0 Å². The summed E-state index contributed by atoms with van der Waals surface area (Å²) in [5.41, 5.74) is 3.50. The van der Waals surface area contributed by atoms with Crippen molar-refractivity contribution in [2.24, 2.45) is 0 Å². The molecule has 5 atom stereocenters. The zero-order chi connectivity index (χ0) is 35.0. The molecule has 0 radical (unpaired) electrons. The fourth-order valence-electron chi connectivity index (χ4n) is 5.51. The summed E-state index contributed by atoms with van der Waals surface area (Å²) < 4.78 is 44.4. The van der Waals surface area contributed by atoms with Crippen molar-refractivity contribution in [3.05, 3.63) is 144 Å². The van der Waals surface area contributed by atoms with Gasteiger partial charge in [-0.3, -0.25) is 0 Å². The van der Waals surface area contributed by atoms with Crippen molar-refractivity contribution in [2.75, 3.05) is 19.8 Å². The quantitative estimate of drug-likeness (QED) is 0.110. The Balaban J connectivity index is 1.37. The number of ether oxygens (including phenoxy) is 7. The van der Waals surface area contributed by atoms with Gasteiger partial charge in [0.05, 0.1) is 39.6 Å². The Kier molecular flexibility index (Phi) is 14.4. The van der Waals surface area contributed by atoms with Crippen LogP contribution < -0.4 is 5.32 Å². The van der Waals surface area contributed by atoms with E-state index in [-0.39, 0.29) is 19.8 Å². The lowest BCUT2D eigenvalue weighted by molar-refractivity contribution is -0.197. The summed E-state index contributed by atoms with van der Waals surface area (Å²) in [5, 5.41) is 2.75. The monoisotopic (exact) mass is 683 g/mol. The van der Waals surface area contributed by atoms with E-state index in [2.05, 4.69) is 5.32 Å². The molecule has 9 nitrogen and oxygen atoms in total. The summed E-state index contributed by atoms with van der Waals surface area (Å²) in [6.45, 7) is 7.50. The van der Waals surface area contributed by atoms with Crippen molar-refractivity contribution in [3.63, 3.8) is 0 Å². The molecule has 4 aromatic rings. The first-order chi connectivity index (χ1) is 24.3. The summed E-state index contributed by atoms with van der Waals surface area (Å²) >= 11 is 0. The van der Waals surface area contributed by atoms with E-state index < -0.39 is 42.4 Å². The molecule has 0 unspecified atom stereocenters. The number of carbonyl (C=O) groups excluding carboxylic acids is 1. The van der Waals surface area contributed by atoms with E-state index >= 15 is 0 Å². The van der Waals surface area contributed by atoms with Crippen molar-refractivity contribution in [1.82, 2.24) is 5.32 Å². The number of hydrogen-bond donors (Lipinski definition) is 1. The molecule has 1 amide bonds. The molecule has 0 aromatic heterocycles. The number of hydrogen-bond acceptors (Lipinski definition) is 8. The lowest BCUT2D eigenvalue weighted by atomic mass is 10.0. The molecule has 4 aromatic carbocycles. The van der Waals surface area contributed by atoms with Crippen molar-refractivity contribution < 1.29 is 38.0 Å². The zero-order valence-electron chi connectivity index (χ0n) is 29.1. The Bertz CT molecular complexity index is 1520. The average molecular weight is 684 g/mol. The van der Waals surface area contributed by atoms with Gasteiger partial charge in [0, 0.05) is 6.54 Å². The lowest BCUT2D eigenvalue weighted by Crippen LogP contribution is -2.45. The lowest BCUT2D eigenvalue weighted by Gasteiger charge is -2.29. The summed E-state index contributed by atoms with van der Waals surface area (Å²) in [6, 6.07) is 39.9. The molecule has 50 heavy (non-hydrogen) atoms. The Hall–Kier alpha value is -4.09. The van der Waals surface area contributed by atoms with Crippen LogP contribution in [-0.4, -0.2) is 62.2 Å². The van der Waals surface area contributed by atoms with E-state index in [4.69, 9.17) is 33.2 Å². The minimum absolute atomic E-state index is 0.160. The van der Waals surface area contributed by atoms with Gasteiger partial charge in [-0.2, -0.15) is 0 Å². The van der Waals surface area contributed by atoms with Crippen molar-refractivity contribution >= 4 is 6.09 Å². The van der Waals surface area contributed by atoms with Gasteiger partial charge in [-0.25, -0.2) is 4.79 Å². The van der Waals surface area contributed by atoms with Crippen LogP contribution in [0, 0.1) is 0 Å². The third kappa shape index (κ3) is 12.4. The van der Waals surface area contributed by atoms with E-state index in [9.17, 15) is 4.79 Å². The van der Waals surface area contributed by atoms with Crippen molar-refractivity contribution in [2.45, 2.75) is 83.5 Å². The van der Waals surface area contributed by atoms with Crippen LogP contribution in [-0.2, 0) is 59.6 Å². The minimum atomic E-state index is -0.818. The first kappa shape index (κ1) is 37.2. The highest BCUT2D eigenvalue weighted by atomic mass is 16.7. The molecule has 1 N–H and O–H groups in total. The SMILES string of the molecule is CC(C)(C)OC(=O)NCCO[C@H]1O[C@@H]([C@@H](COCc2ccccc2)OCc2ccccc2)[C@H](OCc2ccccc2)[C@H]1OCc1ccccc1. The molecule has 0 aliphatic carbocycles. The fraction of sp³-hybridized carbons (Fsp3) is 0.390. The topological polar surface area (TPSA) is 93.7 Å². The van der Waals surface area contributed by atoms with E-state index in [0.29, 0.717) is 26.4 Å². The number of amides is 1. The molecular weight excluding hydrogens is 634 g/mol. The molecule has 0 bridgehead atoms. The Labute approximate surface area is 295 Å². The highest BCUT2D eigenvalue weighted by Crippen LogP contribution is 2.33. The van der Waals surface area contributed by atoms with Crippen LogP contribution in [0.2, 0.25) is 0 Å². The van der Waals surface area contributed by atoms with Gasteiger partial charge in [0.25, 0.3) is 0 Å². The van der Waals surface area contributed by atoms with Gasteiger partial charge in [0.15, 0.2) is 6.29 Å². The number of benzene rings is 4. The van der Waals surface area contributed by atoms with Crippen molar-refractivity contribution in [3.8, 4) is 0 Å². The van der Waals surface area contributed by atoms with Crippen LogP contribution >= 0.6 is 0 Å². The standard InChI is InChI=1S/C41H49NO8/c1-41(2,3)50-40(43)42-24-25-45-39-38(48-29-34-22-14-7-15-23-34)37(47-28-33-20-12-6-13-21-33)36(49-39)35(46-27-32-18-10-5-11-19-32)30-44-26-31-16-8-4-9-17-31/h4-23,35-39H,24-30H2,1-3H3,(H,42,43)/t35-,36+,37+,38-,39+/m1/s1. The van der Waals surface area contributed by atoms with Gasteiger partial charge < -0.3 is 38.5 Å². The van der Waals surface area contributed by atoms with Crippen LogP contribution in [0.25, 0.3) is 0 Å². The van der Waals surface area contributed by atoms with Gasteiger partial charge >= 0.3 is 6.09 Å². The summed E-state index contributed by atoms with van der Waals surface area (Å²) in [6.07, 6.45) is -3.68. The van der Waals surface area contributed by atoms with Gasteiger partial charge in [-0.05, 0) is 43.0 Å². The second kappa shape index (κ2) is 19.3. The minimum Gasteiger partial charge on any atom is -0.444 e. The van der Waals surface area contributed by atoms with Crippen LogP contribution in [0.4, 0.5) is 4.79 Å². The molecule has 0 spiro atoms. The van der Waals surface area contributed by atoms with Crippen molar-refractivity contribution in [1.29, 1.82) is 0 Å². The number of carbonyl (C=O) groups is 1. The number of rotatable bonds is 18. The third-order valence-electron chi connectivity index (χ3n) is 7.90.